The lowest BCUT2D eigenvalue weighted by Gasteiger charge is -2.29. The van der Waals surface area contributed by atoms with Gasteiger partial charge in [0.25, 0.3) is 0 Å². The van der Waals surface area contributed by atoms with Crippen molar-refractivity contribution in [2.75, 3.05) is 27.2 Å². The highest BCUT2D eigenvalue weighted by Crippen LogP contribution is 2.36. The van der Waals surface area contributed by atoms with Crippen LogP contribution in [-0.4, -0.2) is 38.1 Å². The fraction of sp³-hybridized carbons (Fsp3) is 1.00. The number of hydrogen-bond donors (Lipinski definition) is 1. The van der Waals surface area contributed by atoms with Crippen molar-refractivity contribution in [3.05, 3.63) is 0 Å². The van der Waals surface area contributed by atoms with Gasteiger partial charge in [0, 0.05) is 6.04 Å². The van der Waals surface area contributed by atoms with Crippen LogP contribution in [0.2, 0.25) is 0 Å². The molecule has 1 aliphatic carbocycles. The Kier molecular flexibility index (Phi) is 6.65. The van der Waals surface area contributed by atoms with E-state index in [1.165, 1.54) is 51.6 Å². The average Bonchev–Trinajstić information content (AvgIpc) is 2.48. The lowest BCUT2D eigenvalue weighted by molar-refractivity contribution is 0.213. The minimum Gasteiger partial charge on any atom is -0.314 e. The van der Waals surface area contributed by atoms with Gasteiger partial charge in [0.05, 0.1) is 0 Å². The van der Waals surface area contributed by atoms with Crippen LogP contribution in [0, 0.1) is 11.3 Å². The van der Waals surface area contributed by atoms with Gasteiger partial charge < -0.3 is 10.2 Å². The van der Waals surface area contributed by atoms with Crippen molar-refractivity contribution >= 4 is 0 Å². The van der Waals surface area contributed by atoms with Crippen LogP contribution >= 0.6 is 0 Å². The van der Waals surface area contributed by atoms with E-state index in [-0.39, 0.29) is 0 Å². The van der Waals surface area contributed by atoms with Gasteiger partial charge in [-0.2, -0.15) is 0 Å². The minimum atomic E-state index is 0.500. The molecule has 2 nitrogen and oxygen atoms in total. The summed E-state index contributed by atoms with van der Waals surface area (Å²) in [6.07, 6.45) is 8.28. The second-order valence-electron chi connectivity index (χ2n) is 7.38. The number of nitrogens with one attached hydrogen (secondary N) is 1. The average molecular weight is 254 g/mol. The van der Waals surface area contributed by atoms with E-state index in [0.29, 0.717) is 5.41 Å². The van der Waals surface area contributed by atoms with E-state index in [9.17, 15) is 0 Å². The van der Waals surface area contributed by atoms with E-state index in [1.807, 2.05) is 0 Å². The van der Waals surface area contributed by atoms with Gasteiger partial charge >= 0.3 is 0 Å². The second-order valence-corrected chi connectivity index (χ2v) is 7.38. The Morgan fingerprint density at radius 1 is 1.06 bits per heavy atom. The highest BCUT2D eigenvalue weighted by molar-refractivity contribution is 4.81. The minimum absolute atomic E-state index is 0.500. The molecule has 0 aliphatic heterocycles. The van der Waals surface area contributed by atoms with Crippen molar-refractivity contribution in [1.82, 2.24) is 10.2 Å². The van der Waals surface area contributed by atoms with Crippen LogP contribution in [0.5, 0.6) is 0 Å². The molecular formula is C16H34N2. The summed E-state index contributed by atoms with van der Waals surface area (Å²) in [7, 11) is 4.30. The smallest absolute Gasteiger partial charge is 0.00671 e. The predicted molar refractivity (Wildman–Crippen MR) is 81.0 cm³/mol. The van der Waals surface area contributed by atoms with Crippen LogP contribution < -0.4 is 5.32 Å². The largest absolute Gasteiger partial charge is 0.314 e. The molecule has 0 radical (unpaired) electrons. The molecule has 1 aliphatic rings. The van der Waals surface area contributed by atoms with Crippen LogP contribution in [-0.2, 0) is 0 Å². The van der Waals surface area contributed by atoms with E-state index < -0.39 is 0 Å². The molecule has 1 fully saturated rings. The van der Waals surface area contributed by atoms with Crippen LogP contribution in [0.25, 0.3) is 0 Å². The summed E-state index contributed by atoms with van der Waals surface area (Å²) in [4.78, 5) is 2.27. The molecule has 1 rings (SSSR count). The third-order valence-corrected chi connectivity index (χ3v) is 4.41. The third kappa shape index (κ3) is 6.19. The highest BCUT2D eigenvalue weighted by Gasteiger charge is 2.27. The van der Waals surface area contributed by atoms with Crippen molar-refractivity contribution in [3.8, 4) is 0 Å². The summed E-state index contributed by atoms with van der Waals surface area (Å²) in [6, 6.07) is 0.777. The Morgan fingerprint density at radius 3 is 2.39 bits per heavy atom. The Balaban J connectivity index is 2.21. The maximum Gasteiger partial charge on any atom is 0.00671 e. The molecule has 18 heavy (non-hydrogen) atoms. The van der Waals surface area contributed by atoms with Gasteiger partial charge in [0.1, 0.15) is 0 Å². The molecule has 1 N–H and O–H groups in total. The lowest BCUT2D eigenvalue weighted by Crippen LogP contribution is -2.31. The van der Waals surface area contributed by atoms with Gasteiger partial charge in [-0.15, -0.1) is 0 Å². The first-order chi connectivity index (χ1) is 8.39. The molecule has 0 spiro atoms. The summed E-state index contributed by atoms with van der Waals surface area (Å²) in [5.41, 5.74) is 0.500. The lowest BCUT2D eigenvalue weighted by atomic mass is 9.76. The fourth-order valence-corrected chi connectivity index (χ4v) is 3.07. The van der Waals surface area contributed by atoms with Crippen molar-refractivity contribution in [3.63, 3.8) is 0 Å². The van der Waals surface area contributed by atoms with Gasteiger partial charge in [-0.3, -0.25) is 0 Å². The van der Waals surface area contributed by atoms with Gasteiger partial charge in [0.15, 0.2) is 0 Å². The summed E-state index contributed by atoms with van der Waals surface area (Å²) < 4.78 is 0. The molecular weight excluding hydrogens is 220 g/mol. The molecule has 0 aromatic heterocycles. The summed E-state index contributed by atoms with van der Waals surface area (Å²) in [6.45, 7) is 9.60. The molecule has 2 atom stereocenters. The molecule has 2 unspecified atom stereocenters. The van der Waals surface area contributed by atoms with Crippen LogP contribution in [0.15, 0.2) is 0 Å². The van der Waals surface area contributed by atoms with E-state index in [4.69, 9.17) is 0 Å². The number of rotatable bonds is 5. The SMILES string of the molecule is CN(C)CCCNC1CCCC(C(C)(C)C)CC1. The first-order valence-corrected chi connectivity index (χ1v) is 7.77. The summed E-state index contributed by atoms with van der Waals surface area (Å²) in [5.74, 6) is 0.922. The second kappa shape index (κ2) is 7.49. The fourth-order valence-electron chi connectivity index (χ4n) is 3.07. The maximum atomic E-state index is 3.76. The molecule has 108 valence electrons. The Labute approximate surface area is 115 Å². The van der Waals surface area contributed by atoms with Gasteiger partial charge in [-0.25, -0.2) is 0 Å². The Hall–Kier alpha value is -0.0800. The van der Waals surface area contributed by atoms with Crippen molar-refractivity contribution in [2.24, 2.45) is 11.3 Å². The van der Waals surface area contributed by atoms with E-state index in [0.717, 1.165) is 12.0 Å². The van der Waals surface area contributed by atoms with E-state index in [2.05, 4.69) is 45.1 Å². The zero-order valence-corrected chi connectivity index (χ0v) is 13.3. The topological polar surface area (TPSA) is 15.3 Å². The monoisotopic (exact) mass is 254 g/mol. The Bertz CT molecular complexity index is 218. The zero-order chi connectivity index (χ0) is 13.6. The standard InChI is InChI=1S/C16H34N2/c1-16(2,3)14-8-6-9-15(11-10-14)17-12-7-13-18(4)5/h14-15,17H,6-13H2,1-5H3. The van der Waals surface area contributed by atoms with Gasteiger partial charge in [-0.05, 0) is 70.6 Å². The Morgan fingerprint density at radius 2 is 1.78 bits per heavy atom. The predicted octanol–water partition coefficient (Wildman–Crippen LogP) is 3.52. The van der Waals surface area contributed by atoms with Crippen LogP contribution in [0.3, 0.4) is 0 Å². The first-order valence-electron chi connectivity index (χ1n) is 7.77. The number of nitrogens with zero attached hydrogens (tertiary/aromatic N) is 1. The highest BCUT2D eigenvalue weighted by atomic mass is 15.1. The third-order valence-electron chi connectivity index (χ3n) is 4.41. The van der Waals surface area contributed by atoms with Gasteiger partial charge in [-0.1, -0.05) is 27.2 Å². The van der Waals surface area contributed by atoms with E-state index >= 15 is 0 Å². The molecule has 1 saturated carbocycles. The summed E-state index contributed by atoms with van der Waals surface area (Å²) >= 11 is 0. The van der Waals surface area contributed by atoms with Crippen LogP contribution in [0.1, 0.15) is 59.3 Å². The van der Waals surface area contributed by atoms with Crippen molar-refractivity contribution in [1.29, 1.82) is 0 Å². The van der Waals surface area contributed by atoms with Crippen molar-refractivity contribution in [2.45, 2.75) is 65.3 Å². The normalized spacial score (nSPS) is 26.3. The molecule has 0 heterocycles. The molecule has 0 aromatic rings. The number of hydrogen-bond acceptors (Lipinski definition) is 2. The maximum absolute atomic E-state index is 3.76. The van der Waals surface area contributed by atoms with Crippen molar-refractivity contribution < 1.29 is 0 Å². The molecule has 0 bridgehead atoms. The first kappa shape index (κ1) is 16.0. The molecule has 2 heteroatoms. The molecule has 0 amide bonds. The zero-order valence-electron chi connectivity index (χ0n) is 13.3. The quantitative estimate of drug-likeness (QED) is 0.596. The van der Waals surface area contributed by atoms with E-state index in [1.54, 1.807) is 0 Å². The molecule has 0 saturated heterocycles. The molecule has 0 aromatic carbocycles. The summed E-state index contributed by atoms with van der Waals surface area (Å²) in [5, 5.41) is 3.76. The van der Waals surface area contributed by atoms with Crippen LogP contribution in [0.4, 0.5) is 0 Å². The van der Waals surface area contributed by atoms with Gasteiger partial charge in [0.2, 0.25) is 0 Å².